The smallest absolute Gasteiger partial charge is 0.268 e. The molecule has 7 nitrogen and oxygen atoms in total. The molecule has 1 aliphatic carbocycles. The lowest BCUT2D eigenvalue weighted by atomic mass is 10.1. The summed E-state index contributed by atoms with van der Waals surface area (Å²) >= 11 is 0. The summed E-state index contributed by atoms with van der Waals surface area (Å²) in [5.41, 5.74) is 1.66. The Labute approximate surface area is 186 Å². The Morgan fingerprint density at radius 3 is 2.62 bits per heavy atom. The number of nitrogens with zero attached hydrogens (tertiary/aromatic N) is 1. The van der Waals surface area contributed by atoms with Crippen molar-refractivity contribution in [1.29, 1.82) is 0 Å². The monoisotopic (exact) mass is 456 g/mol. The highest BCUT2D eigenvalue weighted by atomic mass is 32.2. The van der Waals surface area contributed by atoms with Crippen LogP contribution in [0.5, 0.6) is 0 Å². The topological polar surface area (TPSA) is 92.2 Å². The molecule has 1 amide bonds. The molecule has 0 unspecified atom stereocenters. The van der Waals surface area contributed by atoms with Gasteiger partial charge in [-0.05, 0) is 61.9 Å². The SMILES string of the molecule is CNCc1cc(-c2ccccc2F)n(S(=O)(=O)c2cccc(NCC(=O)NC3CC3)c2)c1. The number of rotatable bonds is 9. The molecule has 4 rings (SSSR count). The number of carbonyl (C=O) groups excluding carboxylic acids is 1. The second-order valence-electron chi connectivity index (χ2n) is 7.77. The Hall–Kier alpha value is -3.17. The van der Waals surface area contributed by atoms with E-state index < -0.39 is 15.8 Å². The van der Waals surface area contributed by atoms with Gasteiger partial charge >= 0.3 is 0 Å². The molecule has 3 aromatic rings. The molecule has 1 aromatic heterocycles. The minimum absolute atomic E-state index is 0.0364. The number of aromatic nitrogens is 1. The summed E-state index contributed by atoms with van der Waals surface area (Å²) in [6.45, 7) is 0.484. The van der Waals surface area contributed by atoms with Crippen molar-refractivity contribution in [3.63, 3.8) is 0 Å². The van der Waals surface area contributed by atoms with Gasteiger partial charge in [-0.3, -0.25) is 4.79 Å². The highest BCUT2D eigenvalue weighted by Crippen LogP contribution is 2.29. The summed E-state index contributed by atoms with van der Waals surface area (Å²) in [6, 6.07) is 14.3. The summed E-state index contributed by atoms with van der Waals surface area (Å²) < 4.78 is 42.6. The largest absolute Gasteiger partial charge is 0.376 e. The molecule has 1 aliphatic rings. The third-order valence-corrected chi connectivity index (χ3v) is 6.83. The van der Waals surface area contributed by atoms with Gasteiger partial charge in [0.05, 0.1) is 17.1 Å². The molecule has 0 atom stereocenters. The summed E-state index contributed by atoms with van der Waals surface area (Å²) in [7, 11) is -2.27. The van der Waals surface area contributed by atoms with Crippen LogP contribution in [0.2, 0.25) is 0 Å². The molecule has 0 aliphatic heterocycles. The van der Waals surface area contributed by atoms with Crippen molar-refractivity contribution in [2.45, 2.75) is 30.3 Å². The van der Waals surface area contributed by atoms with Gasteiger partial charge in [-0.1, -0.05) is 18.2 Å². The molecule has 32 heavy (non-hydrogen) atoms. The van der Waals surface area contributed by atoms with E-state index in [9.17, 15) is 17.6 Å². The van der Waals surface area contributed by atoms with Gasteiger partial charge in [0.2, 0.25) is 5.91 Å². The summed E-state index contributed by atoms with van der Waals surface area (Å²) in [6.07, 6.45) is 3.49. The summed E-state index contributed by atoms with van der Waals surface area (Å²) in [4.78, 5) is 12.0. The fraction of sp³-hybridized carbons (Fsp3) is 0.261. The number of benzene rings is 2. The number of carbonyl (C=O) groups is 1. The van der Waals surface area contributed by atoms with E-state index in [-0.39, 0.29) is 34.6 Å². The minimum Gasteiger partial charge on any atom is -0.376 e. The molecule has 168 valence electrons. The van der Waals surface area contributed by atoms with Crippen molar-refractivity contribution in [2.75, 3.05) is 18.9 Å². The van der Waals surface area contributed by atoms with Crippen LogP contribution in [0, 0.1) is 5.82 Å². The molecular formula is C23H25FN4O3S. The van der Waals surface area contributed by atoms with Crippen LogP contribution >= 0.6 is 0 Å². The Kier molecular flexibility index (Phi) is 6.29. The maximum absolute atomic E-state index is 14.5. The van der Waals surface area contributed by atoms with Gasteiger partial charge in [-0.2, -0.15) is 0 Å². The average Bonchev–Trinajstić information content (AvgIpc) is 3.49. The average molecular weight is 457 g/mol. The van der Waals surface area contributed by atoms with Crippen LogP contribution in [0.1, 0.15) is 18.4 Å². The molecule has 1 fully saturated rings. The molecule has 2 aromatic carbocycles. The van der Waals surface area contributed by atoms with E-state index in [2.05, 4.69) is 16.0 Å². The predicted molar refractivity (Wildman–Crippen MR) is 121 cm³/mol. The highest BCUT2D eigenvalue weighted by Gasteiger charge is 2.24. The van der Waals surface area contributed by atoms with Crippen LogP contribution in [0.4, 0.5) is 10.1 Å². The second-order valence-corrected chi connectivity index (χ2v) is 9.58. The lowest BCUT2D eigenvalue weighted by Gasteiger charge is -2.13. The van der Waals surface area contributed by atoms with Crippen molar-refractivity contribution in [3.8, 4) is 11.3 Å². The van der Waals surface area contributed by atoms with Gasteiger partial charge in [-0.15, -0.1) is 0 Å². The van der Waals surface area contributed by atoms with Crippen LogP contribution in [0.25, 0.3) is 11.3 Å². The molecular weight excluding hydrogens is 431 g/mol. The van der Waals surface area contributed by atoms with Crippen LogP contribution in [-0.2, 0) is 21.4 Å². The molecule has 9 heteroatoms. The first kappa shape index (κ1) is 22.0. The fourth-order valence-electron chi connectivity index (χ4n) is 3.43. The number of halogens is 1. The van der Waals surface area contributed by atoms with E-state index in [0.717, 1.165) is 16.8 Å². The Morgan fingerprint density at radius 1 is 1.12 bits per heavy atom. The lowest BCUT2D eigenvalue weighted by molar-refractivity contribution is -0.119. The summed E-state index contributed by atoms with van der Waals surface area (Å²) in [5.74, 6) is -0.639. The third kappa shape index (κ3) is 4.84. The number of hydrogen-bond acceptors (Lipinski definition) is 5. The van der Waals surface area contributed by atoms with Gasteiger partial charge in [-0.25, -0.2) is 16.8 Å². The molecule has 0 saturated heterocycles. The molecule has 0 radical (unpaired) electrons. The quantitative estimate of drug-likeness (QED) is 0.461. The lowest BCUT2D eigenvalue weighted by Crippen LogP contribution is -2.31. The standard InChI is InChI=1S/C23H25FN4O3S/c1-25-13-16-11-22(20-7-2-3-8-21(20)24)28(15-16)32(30,31)19-6-4-5-18(12-19)26-14-23(29)27-17-9-10-17/h2-8,11-12,15,17,25-26H,9-10,13-14H2,1H3,(H,27,29). The predicted octanol–water partition coefficient (Wildman–Crippen LogP) is 2.94. The number of hydrogen-bond donors (Lipinski definition) is 3. The third-order valence-electron chi connectivity index (χ3n) is 5.16. The molecule has 0 bridgehead atoms. The zero-order valence-corrected chi connectivity index (χ0v) is 18.5. The molecule has 0 spiro atoms. The van der Waals surface area contributed by atoms with E-state index in [4.69, 9.17) is 0 Å². The van der Waals surface area contributed by atoms with Gasteiger partial charge < -0.3 is 16.0 Å². The minimum atomic E-state index is -4.02. The summed E-state index contributed by atoms with van der Waals surface area (Å²) in [5, 5.41) is 8.83. The maximum Gasteiger partial charge on any atom is 0.268 e. The number of anilines is 1. The van der Waals surface area contributed by atoms with E-state index in [1.165, 1.54) is 24.4 Å². The maximum atomic E-state index is 14.5. The highest BCUT2D eigenvalue weighted by molar-refractivity contribution is 7.90. The zero-order valence-electron chi connectivity index (χ0n) is 17.6. The van der Waals surface area contributed by atoms with E-state index in [0.29, 0.717) is 17.8 Å². The van der Waals surface area contributed by atoms with Gasteiger partial charge in [0.15, 0.2) is 0 Å². The Balaban J connectivity index is 1.66. The van der Waals surface area contributed by atoms with Crippen molar-refractivity contribution >= 4 is 21.6 Å². The van der Waals surface area contributed by atoms with Crippen LogP contribution < -0.4 is 16.0 Å². The van der Waals surface area contributed by atoms with Crippen molar-refractivity contribution in [1.82, 2.24) is 14.6 Å². The second kappa shape index (κ2) is 9.13. The van der Waals surface area contributed by atoms with Crippen LogP contribution in [0.3, 0.4) is 0 Å². The molecule has 1 heterocycles. The fourth-order valence-corrected chi connectivity index (χ4v) is 4.87. The van der Waals surface area contributed by atoms with Crippen LogP contribution in [-0.4, -0.2) is 37.9 Å². The molecule has 3 N–H and O–H groups in total. The number of nitrogens with one attached hydrogen (secondary N) is 3. The van der Waals surface area contributed by atoms with E-state index in [1.54, 1.807) is 43.4 Å². The van der Waals surface area contributed by atoms with E-state index >= 15 is 0 Å². The zero-order chi connectivity index (χ0) is 22.7. The van der Waals surface area contributed by atoms with Crippen molar-refractivity contribution in [3.05, 3.63) is 72.2 Å². The Bertz CT molecular complexity index is 1240. The first-order valence-electron chi connectivity index (χ1n) is 10.4. The number of amides is 1. The Morgan fingerprint density at radius 2 is 1.91 bits per heavy atom. The van der Waals surface area contributed by atoms with Gasteiger partial charge in [0.25, 0.3) is 10.0 Å². The normalized spacial score (nSPS) is 13.7. The van der Waals surface area contributed by atoms with E-state index in [1.807, 2.05) is 0 Å². The van der Waals surface area contributed by atoms with Crippen molar-refractivity contribution < 1.29 is 17.6 Å². The van der Waals surface area contributed by atoms with Gasteiger partial charge in [0.1, 0.15) is 5.82 Å². The van der Waals surface area contributed by atoms with Gasteiger partial charge in [0, 0.05) is 30.0 Å². The van der Waals surface area contributed by atoms with Crippen LogP contribution in [0.15, 0.2) is 65.7 Å². The first-order chi connectivity index (χ1) is 15.4. The van der Waals surface area contributed by atoms with Crippen molar-refractivity contribution in [2.24, 2.45) is 0 Å². The first-order valence-corrected chi connectivity index (χ1v) is 11.8. The molecule has 1 saturated carbocycles.